The highest BCUT2D eigenvalue weighted by molar-refractivity contribution is 6.31. The van der Waals surface area contributed by atoms with Crippen molar-refractivity contribution in [3.05, 3.63) is 40.5 Å². The fourth-order valence-electron chi connectivity index (χ4n) is 3.30. The predicted octanol–water partition coefficient (Wildman–Crippen LogP) is 3.31. The lowest BCUT2D eigenvalue weighted by atomic mass is 10.0. The zero-order valence-electron chi connectivity index (χ0n) is 13.0. The molecule has 2 aromatic rings. The highest BCUT2D eigenvalue weighted by Crippen LogP contribution is 2.40. The number of benzene rings is 1. The quantitative estimate of drug-likeness (QED) is 0.927. The number of carbonyl (C=O) groups is 2. The molecular weight excluding hydrogens is 328 g/mol. The molecule has 2 aliphatic rings. The van der Waals surface area contributed by atoms with Crippen molar-refractivity contribution in [2.45, 2.75) is 25.2 Å². The van der Waals surface area contributed by atoms with Gasteiger partial charge in [0.05, 0.1) is 17.0 Å². The number of rotatable bonds is 3. The van der Waals surface area contributed by atoms with E-state index in [9.17, 15) is 9.59 Å². The third-order valence-corrected chi connectivity index (χ3v) is 5.08. The number of pyridine rings is 1. The molecule has 24 heavy (non-hydrogen) atoms. The van der Waals surface area contributed by atoms with Gasteiger partial charge in [-0.25, -0.2) is 0 Å². The first-order valence-electron chi connectivity index (χ1n) is 8.15. The van der Waals surface area contributed by atoms with Gasteiger partial charge in [-0.15, -0.1) is 0 Å². The molecule has 1 amide bonds. The zero-order valence-corrected chi connectivity index (χ0v) is 13.8. The Morgan fingerprint density at radius 3 is 2.67 bits per heavy atom. The van der Waals surface area contributed by atoms with Gasteiger partial charge >= 0.3 is 5.97 Å². The zero-order chi connectivity index (χ0) is 16.8. The van der Waals surface area contributed by atoms with Gasteiger partial charge in [-0.2, -0.15) is 0 Å². The van der Waals surface area contributed by atoms with Crippen LogP contribution < -0.4 is 0 Å². The molecule has 1 saturated heterocycles. The van der Waals surface area contributed by atoms with Crippen molar-refractivity contribution in [3.63, 3.8) is 0 Å². The Hall–Kier alpha value is -2.14. The fourth-order valence-corrected chi connectivity index (χ4v) is 3.47. The predicted molar refractivity (Wildman–Crippen MR) is 90.4 cm³/mol. The molecule has 1 aliphatic heterocycles. The number of halogens is 1. The van der Waals surface area contributed by atoms with Gasteiger partial charge in [-0.05, 0) is 43.5 Å². The molecule has 1 aromatic heterocycles. The van der Waals surface area contributed by atoms with Crippen molar-refractivity contribution in [1.29, 1.82) is 0 Å². The molecule has 2 heterocycles. The topological polar surface area (TPSA) is 70.5 Å². The first kappa shape index (κ1) is 15.4. The van der Waals surface area contributed by atoms with Gasteiger partial charge in [0.2, 0.25) is 0 Å². The number of hydrogen-bond acceptors (Lipinski definition) is 3. The second-order valence-corrected chi connectivity index (χ2v) is 7.04. The number of carboxylic acids is 1. The van der Waals surface area contributed by atoms with Gasteiger partial charge in [0.25, 0.3) is 5.91 Å². The number of likely N-dealkylation sites (tertiary alicyclic amines) is 1. The summed E-state index contributed by atoms with van der Waals surface area (Å²) in [4.78, 5) is 30.4. The molecule has 2 fully saturated rings. The van der Waals surface area contributed by atoms with Crippen LogP contribution in [0.4, 0.5) is 0 Å². The summed E-state index contributed by atoms with van der Waals surface area (Å²) < 4.78 is 0. The number of fused-ring (bicyclic) bond motifs is 1. The van der Waals surface area contributed by atoms with Gasteiger partial charge in [-0.1, -0.05) is 11.6 Å². The molecule has 1 N–H and O–H groups in total. The Balaban J connectivity index is 1.75. The van der Waals surface area contributed by atoms with Crippen molar-refractivity contribution in [1.82, 2.24) is 9.88 Å². The number of amides is 1. The lowest BCUT2D eigenvalue weighted by molar-refractivity contribution is -0.141. The SMILES string of the molecule is O=C(O)C1CCN(C(=O)c2cc(C3CC3)nc3ccc(Cl)cc23)C1. The lowest BCUT2D eigenvalue weighted by Gasteiger charge is -2.18. The second kappa shape index (κ2) is 5.74. The Morgan fingerprint density at radius 1 is 1.21 bits per heavy atom. The van der Waals surface area contributed by atoms with E-state index in [4.69, 9.17) is 16.7 Å². The maximum absolute atomic E-state index is 13.0. The molecule has 0 radical (unpaired) electrons. The Kier molecular flexibility index (Phi) is 3.68. The summed E-state index contributed by atoms with van der Waals surface area (Å²) in [5.74, 6) is -1.02. The van der Waals surface area contributed by atoms with Crippen LogP contribution >= 0.6 is 11.6 Å². The van der Waals surface area contributed by atoms with Crippen molar-refractivity contribution in [2.75, 3.05) is 13.1 Å². The Morgan fingerprint density at radius 2 is 2.00 bits per heavy atom. The van der Waals surface area contributed by atoms with Gasteiger partial charge in [0, 0.05) is 35.1 Å². The number of carboxylic acid groups (broad SMARTS) is 1. The van der Waals surface area contributed by atoms with Crippen LogP contribution in [-0.4, -0.2) is 40.0 Å². The second-order valence-electron chi connectivity index (χ2n) is 6.61. The van der Waals surface area contributed by atoms with Crippen LogP contribution in [0, 0.1) is 5.92 Å². The molecule has 5 nitrogen and oxygen atoms in total. The minimum absolute atomic E-state index is 0.129. The van der Waals surface area contributed by atoms with Gasteiger partial charge in [0.1, 0.15) is 0 Å². The van der Waals surface area contributed by atoms with Crippen molar-refractivity contribution in [2.24, 2.45) is 5.92 Å². The monoisotopic (exact) mass is 344 g/mol. The van der Waals surface area contributed by atoms with Crippen LogP contribution in [0.1, 0.15) is 41.2 Å². The summed E-state index contributed by atoms with van der Waals surface area (Å²) >= 11 is 6.10. The van der Waals surface area contributed by atoms with Crippen LogP contribution in [0.15, 0.2) is 24.3 Å². The van der Waals surface area contributed by atoms with Crippen LogP contribution in [0.5, 0.6) is 0 Å². The van der Waals surface area contributed by atoms with Gasteiger partial charge in [0.15, 0.2) is 0 Å². The van der Waals surface area contributed by atoms with E-state index in [1.165, 1.54) is 0 Å². The summed E-state index contributed by atoms with van der Waals surface area (Å²) in [6, 6.07) is 7.24. The third-order valence-electron chi connectivity index (χ3n) is 4.84. The number of nitrogens with zero attached hydrogens (tertiary/aromatic N) is 2. The van der Waals surface area contributed by atoms with Crippen LogP contribution in [-0.2, 0) is 4.79 Å². The largest absolute Gasteiger partial charge is 0.481 e. The Labute approximate surface area is 144 Å². The first-order valence-corrected chi connectivity index (χ1v) is 8.53. The Bertz CT molecular complexity index is 848. The number of aromatic nitrogens is 1. The van der Waals surface area contributed by atoms with E-state index in [1.807, 2.05) is 12.1 Å². The van der Waals surface area contributed by atoms with Gasteiger partial charge in [-0.3, -0.25) is 14.6 Å². The molecule has 4 rings (SSSR count). The van der Waals surface area contributed by atoms with E-state index in [2.05, 4.69) is 4.98 Å². The average Bonchev–Trinajstić information content (AvgIpc) is 3.29. The lowest BCUT2D eigenvalue weighted by Crippen LogP contribution is -2.30. The molecular formula is C18H17ClN2O3. The minimum Gasteiger partial charge on any atom is -0.481 e. The van der Waals surface area contributed by atoms with E-state index in [0.717, 1.165) is 29.4 Å². The van der Waals surface area contributed by atoms with Crippen molar-refractivity contribution in [3.8, 4) is 0 Å². The highest BCUT2D eigenvalue weighted by Gasteiger charge is 2.33. The molecule has 0 bridgehead atoms. The molecule has 1 unspecified atom stereocenters. The van der Waals surface area contributed by atoms with Crippen molar-refractivity contribution < 1.29 is 14.7 Å². The van der Waals surface area contributed by atoms with E-state index in [-0.39, 0.29) is 12.5 Å². The maximum Gasteiger partial charge on any atom is 0.308 e. The third kappa shape index (κ3) is 2.73. The molecule has 1 aliphatic carbocycles. The standard InChI is InChI=1S/C18H17ClN2O3/c19-12-3-4-15-13(7-12)14(8-16(20-15)10-1-2-10)17(22)21-6-5-11(9-21)18(23)24/h3-4,7-8,10-11H,1-2,5-6,9H2,(H,23,24). The van der Waals surface area contributed by atoms with Crippen LogP contribution in [0.2, 0.25) is 5.02 Å². The average molecular weight is 345 g/mol. The summed E-state index contributed by atoms with van der Waals surface area (Å²) in [6.45, 7) is 0.732. The summed E-state index contributed by atoms with van der Waals surface area (Å²) in [5, 5.41) is 10.4. The number of hydrogen-bond donors (Lipinski definition) is 1. The maximum atomic E-state index is 13.0. The van der Waals surface area contributed by atoms with Crippen LogP contribution in [0.3, 0.4) is 0 Å². The summed E-state index contributed by atoms with van der Waals surface area (Å²) in [5.41, 5.74) is 2.29. The summed E-state index contributed by atoms with van der Waals surface area (Å²) in [7, 11) is 0. The number of carbonyl (C=O) groups excluding carboxylic acids is 1. The molecule has 1 aromatic carbocycles. The summed E-state index contributed by atoms with van der Waals surface area (Å²) in [6.07, 6.45) is 2.70. The number of aliphatic carboxylic acids is 1. The van der Waals surface area contributed by atoms with Crippen molar-refractivity contribution >= 4 is 34.4 Å². The van der Waals surface area contributed by atoms with E-state index in [0.29, 0.717) is 29.5 Å². The minimum atomic E-state index is -0.841. The van der Waals surface area contributed by atoms with E-state index >= 15 is 0 Å². The van der Waals surface area contributed by atoms with Gasteiger partial charge < -0.3 is 10.0 Å². The van der Waals surface area contributed by atoms with E-state index < -0.39 is 11.9 Å². The first-order chi connectivity index (χ1) is 11.5. The normalized spacial score (nSPS) is 20.5. The smallest absolute Gasteiger partial charge is 0.308 e. The molecule has 1 saturated carbocycles. The van der Waals surface area contributed by atoms with Crippen LogP contribution in [0.25, 0.3) is 10.9 Å². The molecule has 6 heteroatoms. The fraction of sp³-hybridized carbons (Fsp3) is 0.389. The molecule has 0 spiro atoms. The molecule has 1 atom stereocenters. The molecule has 124 valence electrons. The highest BCUT2D eigenvalue weighted by atomic mass is 35.5. The van der Waals surface area contributed by atoms with E-state index in [1.54, 1.807) is 17.0 Å².